The van der Waals surface area contributed by atoms with Gasteiger partial charge in [-0.2, -0.15) is 0 Å². The predicted molar refractivity (Wildman–Crippen MR) is 170 cm³/mol. The molecule has 6 nitrogen and oxygen atoms in total. The fraction of sp³-hybridized carbons (Fsp3) is 0.158. The molecular weight excluding hydrogens is 552 g/mol. The summed E-state index contributed by atoms with van der Waals surface area (Å²) in [4.78, 5) is 0. The second-order valence-electron chi connectivity index (χ2n) is 11.9. The van der Waals surface area contributed by atoms with E-state index in [0.29, 0.717) is 69.5 Å². The molecule has 0 aromatic heterocycles. The van der Waals surface area contributed by atoms with Crippen LogP contribution in [0.4, 0.5) is 0 Å². The first kappa shape index (κ1) is 26.3. The largest absolute Gasteiger partial charge is 0.508 e. The van der Waals surface area contributed by atoms with Crippen LogP contribution in [0.2, 0.25) is 0 Å². The van der Waals surface area contributed by atoms with Crippen LogP contribution in [-0.2, 0) is 12.8 Å². The summed E-state index contributed by atoms with van der Waals surface area (Å²) in [6.07, 6.45) is 2.35. The highest BCUT2D eigenvalue weighted by Crippen LogP contribution is 2.60. The molecule has 0 saturated carbocycles. The Morgan fingerprint density at radius 2 is 0.818 bits per heavy atom. The molecule has 218 valence electrons. The van der Waals surface area contributed by atoms with Crippen molar-refractivity contribution < 1.29 is 30.6 Å². The average Bonchev–Trinajstić information content (AvgIpc) is 3.06. The normalized spacial score (nSPS) is 17.3. The van der Waals surface area contributed by atoms with E-state index < -0.39 is 11.5 Å². The van der Waals surface area contributed by atoms with Crippen molar-refractivity contribution in [3.05, 3.63) is 118 Å². The van der Waals surface area contributed by atoms with Crippen LogP contribution in [0.1, 0.15) is 58.1 Å². The second-order valence-corrected chi connectivity index (χ2v) is 11.9. The van der Waals surface area contributed by atoms with E-state index in [1.165, 1.54) is 0 Å². The first-order valence-corrected chi connectivity index (χ1v) is 14.9. The minimum Gasteiger partial charge on any atom is -0.508 e. The number of hydrogen-bond acceptors (Lipinski definition) is 6. The quantitative estimate of drug-likeness (QED) is 0.117. The highest BCUT2D eigenvalue weighted by atomic mass is 16.3. The van der Waals surface area contributed by atoms with E-state index in [1.54, 1.807) is 24.3 Å². The fourth-order valence-electron chi connectivity index (χ4n) is 7.88. The van der Waals surface area contributed by atoms with Crippen molar-refractivity contribution in [1.82, 2.24) is 0 Å². The van der Waals surface area contributed by atoms with Gasteiger partial charge >= 0.3 is 0 Å². The fourth-order valence-corrected chi connectivity index (χ4v) is 7.88. The van der Waals surface area contributed by atoms with Gasteiger partial charge in [0.2, 0.25) is 0 Å². The topological polar surface area (TPSA) is 121 Å². The van der Waals surface area contributed by atoms with Gasteiger partial charge < -0.3 is 30.6 Å². The number of benzene rings is 6. The Hall–Kier alpha value is -5.36. The summed E-state index contributed by atoms with van der Waals surface area (Å²) in [6, 6.07) is 26.1. The minimum absolute atomic E-state index is 0.0980. The van der Waals surface area contributed by atoms with Crippen molar-refractivity contribution in [3.8, 4) is 45.6 Å². The zero-order valence-electron chi connectivity index (χ0n) is 23.7. The number of aryl methyl sites for hydroxylation is 2. The van der Waals surface area contributed by atoms with Gasteiger partial charge in [0.1, 0.15) is 11.5 Å². The van der Waals surface area contributed by atoms with E-state index >= 15 is 0 Å². The summed E-state index contributed by atoms with van der Waals surface area (Å²) in [5, 5.41) is 71.3. The lowest BCUT2D eigenvalue weighted by Crippen LogP contribution is -2.12. The summed E-state index contributed by atoms with van der Waals surface area (Å²) in [5.41, 5.74) is 4.66. The van der Waals surface area contributed by atoms with Gasteiger partial charge in [-0.3, -0.25) is 0 Å². The SMILES string of the molecule is Oc1ccc2c(-c3c(O)c(O)c4c5c(c(O)ccc35)CC[C@@H]4c3ccccc3)c(O)c(O)c3c2c1CC[C@@H]3c1ccccc1. The predicted octanol–water partition coefficient (Wildman–Crippen LogP) is 8.05. The maximum Gasteiger partial charge on any atom is 0.166 e. The number of aromatic hydroxyl groups is 6. The molecule has 2 aliphatic rings. The van der Waals surface area contributed by atoms with Crippen molar-refractivity contribution >= 4 is 21.5 Å². The Kier molecular flexibility index (Phi) is 5.72. The number of phenols is 6. The van der Waals surface area contributed by atoms with Gasteiger partial charge in [0.05, 0.1) is 0 Å². The van der Waals surface area contributed by atoms with Gasteiger partial charge in [0.25, 0.3) is 0 Å². The van der Waals surface area contributed by atoms with Crippen LogP contribution >= 0.6 is 0 Å². The molecule has 0 radical (unpaired) electrons. The number of rotatable bonds is 3. The van der Waals surface area contributed by atoms with Crippen molar-refractivity contribution in [2.45, 2.75) is 37.5 Å². The molecule has 0 unspecified atom stereocenters. The molecule has 2 aliphatic carbocycles. The molecule has 0 bridgehead atoms. The van der Waals surface area contributed by atoms with Crippen LogP contribution in [0.5, 0.6) is 34.5 Å². The molecule has 6 aromatic carbocycles. The zero-order chi connectivity index (χ0) is 30.3. The van der Waals surface area contributed by atoms with Crippen LogP contribution in [0, 0.1) is 0 Å². The van der Waals surface area contributed by atoms with Crippen LogP contribution < -0.4 is 0 Å². The van der Waals surface area contributed by atoms with Crippen LogP contribution in [0.25, 0.3) is 32.7 Å². The van der Waals surface area contributed by atoms with E-state index in [0.717, 1.165) is 11.1 Å². The standard InChI is InChI=1S/C38H30O6/c39-27-17-15-25-29-23(27)13-11-21(19-7-3-1-4-8-19)31(29)35(41)37(43)33(25)34-26-16-18-28(40)24-14-12-22(20-9-5-2-6-10-20)32(30(24)26)36(42)38(34)44/h1-10,15-18,21-22,39-44H,11-14H2/t21-,22-/m1/s1. The Bertz CT molecular complexity index is 1980. The monoisotopic (exact) mass is 582 g/mol. The van der Waals surface area contributed by atoms with E-state index in [-0.39, 0.29) is 46.0 Å². The summed E-state index contributed by atoms with van der Waals surface area (Å²) in [6.45, 7) is 0. The lowest BCUT2D eigenvalue weighted by Gasteiger charge is -2.31. The van der Waals surface area contributed by atoms with Gasteiger partial charge in [-0.25, -0.2) is 0 Å². The first-order chi connectivity index (χ1) is 21.4. The van der Waals surface area contributed by atoms with Crippen LogP contribution in [-0.4, -0.2) is 30.6 Å². The summed E-state index contributed by atoms with van der Waals surface area (Å²) in [5.74, 6) is -1.73. The summed E-state index contributed by atoms with van der Waals surface area (Å²) < 4.78 is 0. The van der Waals surface area contributed by atoms with Crippen molar-refractivity contribution in [3.63, 3.8) is 0 Å². The Morgan fingerprint density at radius 3 is 1.20 bits per heavy atom. The molecule has 6 aromatic rings. The Balaban J connectivity index is 1.49. The van der Waals surface area contributed by atoms with Gasteiger partial charge in [-0.05, 0) is 82.6 Å². The molecular formula is C38H30O6. The molecule has 6 heteroatoms. The molecule has 0 saturated heterocycles. The summed E-state index contributed by atoms with van der Waals surface area (Å²) in [7, 11) is 0. The first-order valence-electron chi connectivity index (χ1n) is 14.9. The van der Waals surface area contributed by atoms with E-state index in [1.807, 2.05) is 60.7 Å². The molecule has 2 atom stereocenters. The average molecular weight is 583 g/mol. The van der Waals surface area contributed by atoms with Crippen molar-refractivity contribution in [2.75, 3.05) is 0 Å². The summed E-state index contributed by atoms with van der Waals surface area (Å²) >= 11 is 0. The smallest absolute Gasteiger partial charge is 0.166 e. The van der Waals surface area contributed by atoms with E-state index in [9.17, 15) is 30.6 Å². The maximum absolute atomic E-state index is 11.8. The van der Waals surface area contributed by atoms with Gasteiger partial charge in [0.15, 0.2) is 23.0 Å². The molecule has 0 aliphatic heterocycles. The van der Waals surface area contributed by atoms with Crippen LogP contribution in [0.3, 0.4) is 0 Å². The lowest BCUT2D eigenvalue weighted by atomic mass is 9.73. The number of hydrogen-bond donors (Lipinski definition) is 6. The molecule has 8 rings (SSSR count). The second kappa shape index (κ2) is 9.58. The third-order valence-electron chi connectivity index (χ3n) is 9.80. The van der Waals surface area contributed by atoms with Crippen LogP contribution in [0.15, 0.2) is 84.9 Å². The van der Waals surface area contributed by atoms with Crippen molar-refractivity contribution in [2.24, 2.45) is 0 Å². The lowest BCUT2D eigenvalue weighted by molar-refractivity contribution is 0.393. The highest BCUT2D eigenvalue weighted by molar-refractivity contribution is 6.15. The highest BCUT2D eigenvalue weighted by Gasteiger charge is 2.36. The number of phenolic OH excluding ortho intramolecular Hbond substituents is 6. The van der Waals surface area contributed by atoms with E-state index in [4.69, 9.17) is 0 Å². The third-order valence-corrected chi connectivity index (χ3v) is 9.80. The molecule has 0 fully saturated rings. The minimum atomic E-state index is -0.415. The molecule has 44 heavy (non-hydrogen) atoms. The molecule has 0 heterocycles. The zero-order valence-corrected chi connectivity index (χ0v) is 23.7. The molecule has 0 spiro atoms. The van der Waals surface area contributed by atoms with Gasteiger partial charge in [-0.15, -0.1) is 0 Å². The van der Waals surface area contributed by atoms with Gasteiger partial charge in [-0.1, -0.05) is 60.7 Å². The van der Waals surface area contributed by atoms with E-state index in [2.05, 4.69) is 0 Å². The van der Waals surface area contributed by atoms with Crippen molar-refractivity contribution in [1.29, 1.82) is 0 Å². The Labute approximate surface area is 253 Å². The third kappa shape index (κ3) is 3.54. The molecule has 6 N–H and O–H groups in total. The Morgan fingerprint density at radius 1 is 0.432 bits per heavy atom. The molecule has 0 amide bonds. The maximum atomic E-state index is 11.8. The van der Waals surface area contributed by atoms with Gasteiger partial charge in [0, 0.05) is 45.2 Å².